The number of hydrogen-bond donors (Lipinski definition) is 0. The quantitative estimate of drug-likeness (QED) is 0.452. The number of esters is 1. The van der Waals surface area contributed by atoms with E-state index in [1.165, 1.54) is 10.9 Å². The van der Waals surface area contributed by atoms with Crippen LogP contribution < -0.4 is 0 Å². The van der Waals surface area contributed by atoms with Crippen LogP contribution in [0.15, 0.2) is 58.4 Å². The molecular formula is C18H17N5O4. The van der Waals surface area contributed by atoms with Crippen LogP contribution in [0.25, 0.3) is 10.5 Å². The third kappa shape index (κ3) is 3.95. The second-order valence-electron chi connectivity index (χ2n) is 5.89. The monoisotopic (exact) mass is 367 g/mol. The SMILES string of the molecule is [C-]#[N+]c1cn(-c2ccccc2)nc1N=NC1=C(OCC)OC(C)(C)OC1=O. The second-order valence-corrected chi connectivity index (χ2v) is 5.89. The van der Waals surface area contributed by atoms with Crippen molar-refractivity contribution in [1.82, 2.24) is 9.78 Å². The molecule has 0 unspecified atom stereocenters. The average molecular weight is 367 g/mol. The van der Waals surface area contributed by atoms with Crippen molar-refractivity contribution in [2.24, 2.45) is 10.2 Å². The molecule has 9 nitrogen and oxygen atoms in total. The van der Waals surface area contributed by atoms with E-state index in [1.54, 1.807) is 20.8 Å². The molecular weight excluding hydrogens is 350 g/mol. The molecule has 9 heteroatoms. The summed E-state index contributed by atoms with van der Waals surface area (Å²) >= 11 is 0. The molecule has 0 atom stereocenters. The third-order valence-corrected chi connectivity index (χ3v) is 3.40. The van der Waals surface area contributed by atoms with Gasteiger partial charge in [0.25, 0.3) is 17.2 Å². The molecule has 1 aliphatic heterocycles. The van der Waals surface area contributed by atoms with Crippen LogP contribution in [0.4, 0.5) is 11.5 Å². The number of carbonyl (C=O) groups is 1. The molecule has 0 aliphatic carbocycles. The predicted molar refractivity (Wildman–Crippen MR) is 94.3 cm³/mol. The zero-order valence-electron chi connectivity index (χ0n) is 15.0. The Morgan fingerprint density at radius 3 is 2.67 bits per heavy atom. The van der Waals surface area contributed by atoms with Crippen LogP contribution in [0, 0.1) is 6.57 Å². The number of cyclic esters (lactones) is 1. The van der Waals surface area contributed by atoms with E-state index in [4.69, 9.17) is 20.8 Å². The van der Waals surface area contributed by atoms with E-state index in [2.05, 4.69) is 20.2 Å². The summed E-state index contributed by atoms with van der Waals surface area (Å²) in [5.74, 6) is -1.91. The van der Waals surface area contributed by atoms with Crippen molar-refractivity contribution < 1.29 is 19.0 Å². The van der Waals surface area contributed by atoms with Crippen molar-refractivity contribution in [2.45, 2.75) is 26.6 Å². The lowest BCUT2D eigenvalue weighted by molar-refractivity contribution is -0.226. The fourth-order valence-electron chi connectivity index (χ4n) is 2.27. The molecule has 3 rings (SSSR count). The number of rotatable bonds is 5. The number of nitrogens with zero attached hydrogens (tertiary/aromatic N) is 5. The van der Waals surface area contributed by atoms with Gasteiger partial charge in [-0.2, -0.15) is 5.10 Å². The lowest BCUT2D eigenvalue weighted by Crippen LogP contribution is -2.37. The Kier molecular flexibility index (Phi) is 4.90. The van der Waals surface area contributed by atoms with Crippen molar-refractivity contribution in [3.05, 3.63) is 59.6 Å². The van der Waals surface area contributed by atoms with E-state index in [1.807, 2.05) is 30.3 Å². The summed E-state index contributed by atoms with van der Waals surface area (Å²) in [6.45, 7) is 12.5. The molecule has 1 aliphatic rings. The lowest BCUT2D eigenvalue weighted by atomic mass is 10.3. The Balaban J connectivity index is 1.96. The smallest absolute Gasteiger partial charge is 0.369 e. The number of azo groups is 1. The van der Waals surface area contributed by atoms with E-state index >= 15 is 0 Å². The summed E-state index contributed by atoms with van der Waals surface area (Å²) in [6.07, 6.45) is 1.54. The molecule has 0 spiro atoms. The first-order valence-electron chi connectivity index (χ1n) is 8.17. The molecule has 0 radical (unpaired) electrons. The Bertz CT molecular complexity index is 954. The molecule has 0 N–H and O–H groups in total. The number of carbonyl (C=O) groups excluding carboxylic acids is 1. The number of benzene rings is 1. The van der Waals surface area contributed by atoms with Gasteiger partial charge >= 0.3 is 11.9 Å². The summed E-state index contributed by atoms with van der Waals surface area (Å²) in [5.41, 5.74) is 0.730. The highest BCUT2D eigenvalue weighted by molar-refractivity contribution is 5.89. The van der Waals surface area contributed by atoms with Crippen LogP contribution in [-0.4, -0.2) is 28.1 Å². The maximum Gasteiger partial charge on any atom is 0.369 e. The molecule has 138 valence electrons. The number of ether oxygens (including phenoxy) is 3. The van der Waals surface area contributed by atoms with Crippen molar-refractivity contribution in [3.8, 4) is 5.69 Å². The molecule has 0 saturated carbocycles. The first-order chi connectivity index (χ1) is 12.9. The largest absolute Gasteiger partial charge is 0.464 e. The van der Waals surface area contributed by atoms with E-state index in [0.717, 1.165) is 5.69 Å². The summed E-state index contributed by atoms with van der Waals surface area (Å²) in [5, 5.41) is 12.1. The van der Waals surface area contributed by atoms with Gasteiger partial charge in [-0.05, 0) is 19.1 Å². The van der Waals surface area contributed by atoms with Gasteiger partial charge in [0, 0.05) is 20.0 Å². The van der Waals surface area contributed by atoms with Crippen LogP contribution in [0.5, 0.6) is 0 Å². The van der Waals surface area contributed by atoms with Crippen molar-refractivity contribution in [2.75, 3.05) is 6.61 Å². The van der Waals surface area contributed by atoms with E-state index in [9.17, 15) is 4.79 Å². The second kappa shape index (κ2) is 7.29. The van der Waals surface area contributed by atoms with Gasteiger partial charge in [0.1, 0.15) is 0 Å². The summed E-state index contributed by atoms with van der Waals surface area (Å²) in [4.78, 5) is 15.6. The minimum atomic E-state index is -1.17. The van der Waals surface area contributed by atoms with E-state index in [-0.39, 0.29) is 29.8 Å². The van der Waals surface area contributed by atoms with Crippen LogP contribution in [0.3, 0.4) is 0 Å². The molecule has 27 heavy (non-hydrogen) atoms. The van der Waals surface area contributed by atoms with Gasteiger partial charge in [0.15, 0.2) is 0 Å². The fourth-order valence-corrected chi connectivity index (χ4v) is 2.27. The van der Waals surface area contributed by atoms with Crippen LogP contribution in [0.1, 0.15) is 20.8 Å². The summed E-state index contributed by atoms with van der Waals surface area (Å²) < 4.78 is 17.5. The van der Waals surface area contributed by atoms with Crippen molar-refractivity contribution >= 4 is 17.5 Å². The Morgan fingerprint density at radius 1 is 1.26 bits per heavy atom. The zero-order valence-corrected chi connectivity index (χ0v) is 15.0. The number of hydrogen-bond acceptors (Lipinski definition) is 7. The van der Waals surface area contributed by atoms with Crippen LogP contribution in [0.2, 0.25) is 0 Å². The first kappa shape index (κ1) is 18.1. The fraction of sp³-hybridized carbons (Fsp3) is 0.278. The molecule has 2 heterocycles. The van der Waals surface area contributed by atoms with E-state index < -0.39 is 11.8 Å². The molecule has 1 aromatic heterocycles. The highest BCUT2D eigenvalue weighted by Gasteiger charge is 2.38. The molecule has 0 saturated heterocycles. The van der Waals surface area contributed by atoms with Gasteiger partial charge < -0.3 is 14.2 Å². The standard InChI is InChI=1S/C18H17N5O4/c1-5-25-17-14(16(24)26-18(2,3)27-17)20-21-15-13(19-4)11-23(22-15)12-9-7-6-8-10-12/h6-11H,5H2,1-3H3. The summed E-state index contributed by atoms with van der Waals surface area (Å²) in [6, 6.07) is 9.26. The minimum Gasteiger partial charge on any atom is -0.464 e. The van der Waals surface area contributed by atoms with Gasteiger partial charge in [0.05, 0.1) is 18.9 Å². The van der Waals surface area contributed by atoms with Gasteiger partial charge in [0.2, 0.25) is 5.82 Å². The highest BCUT2D eigenvalue weighted by Crippen LogP contribution is 2.31. The number of para-hydroxylation sites is 1. The lowest BCUT2D eigenvalue weighted by Gasteiger charge is -2.30. The molecule has 0 bridgehead atoms. The Hall–Kier alpha value is -3.67. The van der Waals surface area contributed by atoms with Gasteiger partial charge in [-0.15, -0.1) is 10.2 Å². The van der Waals surface area contributed by atoms with Crippen LogP contribution in [-0.2, 0) is 19.0 Å². The Morgan fingerprint density at radius 2 is 2.00 bits per heavy atom. The minimum absolute atomic E-state index is 0.0647. The Labute approximate surface area is 155 Å². The summed E-state index contributed by atoms with van der Waals surface area (Å²) in [7, 11) is 0. The van der Waals surface area contributed by atoms with Crippen LogP contribution >= 0.6 is 0 Å². The molecule has 2 aromatic rings. The maximum atomic E-state index is 12.2. The number of aromatic nitrogens is 2. The normalized spacial score (nSPS) is 16.0. The first-order valence-corrected chi connectivity index (χ1v) is 8.17. The van der Waals surface area contributed by atoms with Gasteiger partial charge in [-0.3, -0.25) is 4.68 Å². The third-order valence-electron chi connectivity index (χ3n) is 3.40. The van der Waals surface area contributed by atoms with Gasteiger partial charge in [-0.25, -0.2) is 9.64 Å². The molecule has 0 fully saturated rings. The van der Waals surface area contributed by atoms with Crippen molar-refractivity contribution in [1.29, 1.82) is 0 Å². The van der Waals surface area contributed by atoms with Gasteiger partial charge in [-0.1, -0.05) is 18.2 Å². The topological polar surface area (TPSA) is 91.7 Å². The molecule has 1 aromatic carbocycles. The van der Waals surface area contributed by atoms with Crippen molar-refractivity contribution in [3.63, 3.8) is 0 Å². The predicted octanol–water partition coefficient (Wildman–Crippen LogP) is 4.02. The van der Waals surface area contributed by atoms with E-state index in [0.29, 0.717) is 0 Å². The maximum absolute atomic E-state index is 12.2. The zero-order chi connectivity index (χ0) is 19.4. The highest BCUT2D eigenvalue weighted by atomic mass is 16.8. The average Bonchev–Trinajstić information content (AvgIpc) is 3.04. The molecule has 0 amide bonds.